The quantitative estimate of drug-likeness (QED) is 0.390. The fourth-order valence-electron chi connectivity index (χ4n) is 1.25. The van der Waals surface area contributed by atoms with Crippen molar-refractivity contribution >= 4 is 5.97 Å². The van der Waals surface area contributed by atoms with Crippen LogP contribution >= 0.6 is 0 Å². The Hall–Kier alpha value is -1.53. The Morgan fingerprint density at radius 3 is 2.89 bits per heavy atom. The Balaban J connectivity index is 2.16. The van der Waals surface area contributed by atoms with Crippen LogP contribution in [-0.4, -0.2) is 48.2 Å². The minimum atomic E-state index is -0.794. The van der Waals surface area contributed by atoms with E-state index in [4.69, 9.17) is 9.84 Å². The van der Waals surface area contributed by atoms with Crippen molar-refractivity contribution in [3.63, 3.8) is 0 Å². The van der Waals surface area contributed by atoms with E-state index in [9.17, 15) is 9.90 Å². The van der Waals surface area contributed by atoms with Gasteiger partial charge >= 0.3 is 5.97 Å². The highest BCUT2D eigenvalue weighted by Gasteiger charge is 2.36. The maximum Gasteiger partial charge on any atom is 0.305 e. The van der Waals surface area contributed by atoms with E-state index in [0.29, 0.717) is 12.8 Å². The van der Waals surface area contributed by atoms with Crippen LogP contribution in [0.2, 0.25) is 0 Å². The van der Waals surface area contributed by atoms with E-state index < -0.39 is 6.10 Å². The molecule has 5 heteroatoms. The first-order valence-corrected chi connectivity index (χ1v) is 5.69. The van der Waals surface area contributed by atoms with Crippen molar-refractivity contribution in [3.05, 3.63) is 0 Å². The van der Waals surface area contributed by atoms with Gasteiger partial charge in [-0.15, -0.1) is 0 Å². The summed E-state index contributed by atoms with van der Waals surface area (Å²) in [5, 5.41) is 18.1. The van der Waals surface area contributed by atoms with Crippen molar-refractivity contribution < 1.29 is 24.5 Å². The van der Waals surface area contributed by atoms with Gasteiger partial charge < -0.3 is 19.7 Å². The molecule has 98 valence electrons. The number of hydrogen-bond donors (Lipinski definition) is 2. The van der Waals surface area contributed by atoms with Crippen LogP contribution in [0.25, 0.3) is 0 Å². The van der Waals surface area contributed by atoms with E-state index in [0.717, 1.165) is 0 Å². The maximum absolute atomic E-state index is 10.8. The Kier molecular flexibility index (Phi) is 6.24. The number of carbonyl (C=O) groups excluding carboxylic acids is 1. The molecule has 2 N–H and O–H groups in total. The molecule has 0 aromatic carbocycles. The predicted octanol–water partition coefficient (Wildman–Crippen LogP) is -0.543. The highest BCUT2D eigenvalue weighted by atomic mass is 16.6. The molecule has 0 aromatic heterocycles. The first-order chi connectivity index (χ1) is 8.67. The lowest BCUT2D eigenvalue weighted by atomic mass is 10.1. The molecular formula is C13H16O5. The van der Waals surface area contributed by atoms with Gasteiger partial charge in [-0.05, 0) is 24.7 Å². The molecule has 0 aliphatic carbocycles. The summed E-state index contributed by atoms with van der Waals surface area (Å²) >= 11 is 0. The second-order valence-corrected chi connectivity index (χ2v) is 3.80. The lowest BCUT2D eigenvalue weighted by molar-refractivity contribution is -0.140. The molecule has 1 aliphatic heterocycles. The molecule has 0 unspecified atom stereocenters. The van der Waals surface area contributed by atoms with Crippen LogP contribution in [0.5, 0.6) is 0 Å². The lowest BCUT2D eigenvalue weighted by Crippen LogP contribution is -2.05. The zero-order valence-corrected chi connectivity index (χ0v) is 10.2. The number of aliphatic hydroxyl groups excluding tert-OH is 2. The number of epoxide rings is 1. The predicted molar refractivity (Wildman–Crippen MR) is 63.2 cm³/mol. The Bertz CT molecular complexity index is 395. The number of esters is 1. The zero-order valence-electron chi connectivity index (χ0n) is 10.2. The molecule has 0 aromatic rings. The van der Waals surface area contributed by atoms with Crippen molar-refractivity contribution in [2.45, 2.75) is 37.6 Å². The summed E-state index contributed by atoms with van der Waals surface area (Å²) in [6.07, 6.45) is -0.0190. The fraction of sp³-hybridized carbons (Fsp3) is 0.615. The molecule has 1 saturated heterocycles. The van der Waals surface area contributed by atoms with Crippen molar-refractivity contribution in [1.29, 1.82) is 0 Å². The van der Waals surface area contributed by atoms with Crippen LogP contribution in [0.3, 0.4) is 0 Å². The number of aliphatic hydroxyl groups is 2. The topological polar surface area (TPSA) is 79.3 Å². The smallest absolute Gasteiger partial charge is 0.305 e. The molecule has 0 bridgehead atoms. The molecule has 3 atom stereocenters. The highest BCUT2D eigenvalue weighted by molar-refractivity contribution is 5.68. The van der Waals surface area contributed by atoms with Crippen molar-refractivity contribution in [2.24, 2.45) is 0 Å². The molecule has 1 rings (SSSR count). The average Bonchev–Trinajstić information content (AvgIpc) is 3.13. The molecule has 0 saturated carbocycles. The van der Waals surface area contributed by atoms with Crippen molar-refractivity contribution in [1.82, 2.24) is 0 Å². The summed E-state index contributed by atoms with van der Waals surface area (Å²) in [5.74, 6) is 10.0. The number of ether oxygens (including phenoxy) is 2. The van der Waals surface area contributed by atoms with Gasteiger partial charge in [0.15, 0.2) is 0 Å². The van der Waals surface area contributed by atoms with Gasteiger partial charge in [0.05, 0.1) is 13.7 Å². The summed E-state index contributed by atoms with van der Waals surface area (Å²) in [5.41, 5.74) is 0. The van der Waals surface area contributed by atoms with Crippen LogP contribution < -0.4 is 0 Å². The molecule has 1 fully saturated rings. The molecule has 0 radical (unpaired) electrons. The molecule has 1 aliphatic rings. The molecule has 5 nitrogen and oxygen atoms in total. The first-order valence-electron chi connectivity index (χ1n) is 5.69. The Morgan fingerprint density at radius 1 is 1.50 bits per heavy atom. The number of rotatable bonds is 5. The van der Waals surface area contributed by atoms with Crippen LogP contribution in [-0.2, 0) is 14.3 Å². The zero-order chi connectivity index (χ0) is 13.4. The number of hydrogen-bond acceptors (Lipinski definition) is 5. The fourth-order valence-corrected chi connectivity index (χ4v) is 1.25. The van der Waals surface area contributed by atoms with Crippen LogP contribution in [0, 0.1) is 23.7 Å². The standard InChI is InChI=1S/C13H16O5/c1-17-13(16)8-4-6-10(15)5-2-3-7-11-12(9-14)18-11/h10-12,14-15H,4,6,8-9H2,1H3/t10-,11-,12-/m0/s1. The lowest BCUT2D eigenvalue weighted by Gasteiger charge is -2.01. The van der Waals surface area contributed by atoms with E-state index in [2.05, 4.69) is 28.4 Å². The van der Waals surface area contributed by atoms with E-state index >= 15 is 0 Å². The van der Waals surface area contributed by atoms with Crippen LogP contribution in [0.4, 0.5) is 0 Å². The molecule has 1 heterocycles. The molecular weight excluding hydrogens is 236 g/mol. The van der Waals surface area contributed by atoms with Gasteiger partial charge in [0.25, 0.3) is 0 Å². The normalized spacial score (nSPS) is 21.9. The van der Waals surface area contributed by atoms with Gasteiger partial charge in [-0.3, -0.25) is 4.79 Å². The summed E-state index contributed by atoms with van der Waals surface area (Å²) in [7, 11) is 1.33. The summed E-state index contributed by atoms with van der Waals surface area (Å²) in [4.78, 5) is 10.8. The van der Waals surface area contributed by atoms with Gasteiger partial charge in [-0.2, -0.15) is 0 Å². The van der Waals surface area contributed by atoms with E-state index in [-0.39, 0.29) is 31.2 Å². The van der Waals surface area contributed by atoms with E-state index in [1.54, 1.807) is 0 Å². The monoisotopic (exact) mass is 252 g/mol. The van der Waals surface area contributed by atoms with Crippen molar-refractivity contribution in [2.75, 3.05) is 13.7 Å². The number of carbonyl (C=O) groups is 1. The third-order valence-corrected chi connectivity index (χ3v) is 2.36. The Morgan fingerprint density at radius 2 is 2.28 bits per heavy atom. The highest BCUT2D eigenvalue weighted by Crippen LogP contribution is 2.19. The van der Waals surface area contributed by atoms with Gasteiger partial charge in [-0.25, -0.2) is 0 Å². The first kappa shape index (κ1) is 14.5. The summed E-state index contributed by atoms with van der Waals surface area (Å²) in [6.45, 7) is -0.0388. The Labute approximate surface area is 106 Å². The van der Waals surface area contributed by atoms with E-state index in [1.165, 1.54) is 7.11 Å². The third-order valence-electron chi connectivity index (χ3n) is 2.36. The second kappa shape index (κ2) is 7.73. The third kappa shape index (κ3) is 5.70. The molecule has 0 spiro atoms. The maximum atomic E-state index is 10.8. The molecule has 18 heavy (non-hydrogen) atoms. The van der Waals surface area contributed by atoms with Crippen molar-refractivity contribution in [3.8, 4) is 23.7 Å². The second-order valence-electron chi connectivity index (χ2n) is 3.80. The van der Waals surface area contributed by atoms with E-state index in [1.807, 2.05) is 0 Å². The molecule has 0 amide bonds. The van der Waals surface area contributed by atoms with Gasteiger partial charge in [-0.1, -0.05) is 11.8 Å². The van der Waals surface area contributed by atoms with Gasteiger partial charge in [0.1, 0.15) is 18.3 Å². The number of methoxy groups -OCH3 is 1. The van der Waals surface area contributed by atoms with Gasteiger partial charge in [0.2, 0.25) is 0 Å². The summed E-state index contributed by atoms with van der Waals surface area (Å²) in [6, 6.07) is 0. The largest absolute Gasteiger partial charge is 0.469 e. The van der Waals surface area contributed by atoms with Crippen LogP contribution in [0.15, 0.2) is 0 Å². The van der Waals surface area contributed by atoms with Gasteiger partial charge in [0, 0.05) is 6.42 Å². The summed E-state index contributed by atoms with van der Waals surface area (Å²) < 4.78 is 9.44. The average molecular weight is 252 g/mol. The minimum Gasteiger partial charge on any atom is -0.469 e. The van der Waals surface area contributed by atoms with Crippen LogP contribution in [0.1, 0.15) is 19.3 Å². The SMILES string of the molecule is COC(=O)CCC[C@@H](O)C#CC#C[C@@H]1O[C@H]1CO. The minimum absolute atomic E-state index is 0.0388.